The third kappa shape index (κ3) is 2.30. The van der Waals surface area contributed by atoms with E-state index in [1.54, 1.807) is 11.0 Å². The highest BCUT2D eigenvalue weighted by Gasteiger charge is 2.41. The highest BCUT2D eigenvalue weighted by molar-refractivity contribution is 5.96. The molecule has 0 bridgehead atoms. The van der Waals surface area contributed by atoms with Crippen LogP contribution in [0, 0.1) is 16.5 Å². The van der Waals surface area contributed by atoms with E-state index >= 15 is 0 Å². The van der Waals surface area contributed by atoms with E-state index in [-0.39, 0.29) is 35.6 Å². The number of hydrogen-bond acceptors (Lipinski definition) is 6. The Morgan fingerprint density at radius 1 is 1.44 bits per heavy atom. The van der Waals surface area contributed by atoms with Gasteiger partial charge in [0.15, 0.2) is 6.07 Å². The van der Waals surface area contributed by atoms with Crippen LogP contribution in [-0.4, -0.2) is 46.4 Å². The van der Waals surface area contributed by atoms with Crippen molar-refractivity contribution in [1.82, 2.24) is 15.0 Å². The molecule has 0 radical (unpaired) electrons. The standard InChI is InChI=1S/C16H13N5O4/c17-7-12-15(18-25-21(12)24)16(23)19-8-13-11-4-2-1-3-10(11)5-6-20(13)14(22)9-19/h1-4,13H,5-6,8-9H2. The number of carbonyl (C=O) groups excluding carboxylic acids is 2. The summed E-state index contributed by atoms with van der Waals surface area (Å²) in [6, 6.07) is 9.18. The zero-order valence-electron chi connectivity index (χ0n) is 13.1. The number of piperazine rings is 1. The summed E-state index contributed by atoms with van der Waals surface area (Å²) in [5.41, 5.74) is 1.29. The number of amides is 2. The molecule has 0 aliphatic carbocycles. The van der Waals surface area contributed by atoms with Crippen LogP contribution in [0.3, 0.4) is 0 Å². The number of hydrogen-bond donors (Lipinski definition) is 0. The smallest absolute Gasteiger partial charge is 0.323 e. The largest absolute Gasteiger partial charge is 0.358 e. The van der Waals surface area contributed by atoms with Crippen LogP contribution in [-0.2, 0) is 11.2 Å². The van der Waals surface area contributed by atoms with E-state index in [2.05, 4.69) is 9.79 Å². The van der Waals surface area contributed by atoms with Crippen LogP contribution in [0.25, 0.3) is 0 Å². The Morgan fingerprint density at radius 2 is 2.24 bits per heavy atom. The molecule has 2 amide bonds. The average molecular weight is 339 g/mol. The molecule has 3 heterocycles. The number of aromatic nitrogens is 2. The van der Waals surface area contributed by atoms with Gasteiger partial charge in [-0.2, -0.15) is 5.26 Å². The molecule has 9 heteroatoms. The lowest BCUT2D eigenvalue weighted by Crippen LogP contribution is -2.55. The highest BCUT2D eigenvalue weighted by atomic mass is 16.8. The number of fused-ring (bicyclic) bond motifs is 3. The predicted molar refractivity (Wildman–Crippen MR) is 80.7 cm³/mol. The van der Waals surface area contributed by atoms with Crippen molar-refractivity contribution < 1.29 is 19.1 Å². The van der Waals surface area contributed by atoms with Crippen molar-refractivity contribution >= 4 is 11.8 Å². The maximum atomic E-state index is 12.7. The van der Waals surface area contributed by atoms with Crippen LogP contribution in [0.5, 0.6) is 0 Å². The molecule has 0 saturated carbocycles. The number of benzene rings is 1. The molecular formula is C16H13N5O4. The molecule has 0 spiro atoms. The van der Waals surface area contributed by atoms with E-state index in [9.17, 15) is 14.8 Å². The lowest BCUT2D eigenvalue weighted by Gasteiger charge is -2.44. The Hall–Kier alpha value is -3.41. The average Bonchev–Trinajstić information content (AvgIpc) is 3.01. The van der Waals surface area contributed by atoms with E-state index in [0.29, 0.717) is 6.54 Å². The van der Waals surface area contributed by atoms with E-state index in [1.165, 1.54) is 4.90 Å². The first kappa shape index (κ1) is 15.1. The SMILES string of the molecule is N#Cc1c(C(=O)N2CC(=O)N3CCc4ccccc4C3C2)no[n+]1[O-]. The summed E-state index contributed by atoms with van der Waals surface area (Å²) in [7, 11) is 0. The molecule has 2 aliphatic rings. The first-order chi connectivity index (χ1) is 12.1. The van der Waals surface area contributed by atoms with Gasteiger partial charge in [-0.3, -0.25) is 14.2 Å². The molecule has 1 atom stereocenters. The highest BCUT2D eigenvalue weighted by Crippen LogP contribution is 2.33. The minimum absolute atomic E-state index is 0.110. The van der Waals surface area contributed by atoms with Crippen molar-refractivity contribution in [2.45, 2.75) is 12.5 Å². The Labute approximate surface area is 142 Å². The van der Waals surface area contributed by atoms with E-state index in [4.69, 9.17) is 5.26 Å². The molecule has 9 nitrogen and oxygen atoms in total. The molecule has 1 unspecified atom stereocenters. The van der Waals surface area contributed by atoms with E-state index < -0.39 is 11.6 Å². The summed E-state index contributed by atoms with van der Waals surface area (Å²) in [4.78, 5) is 28.1. The Morgan fingerprint density at radius 3 is 3.04 bits per heavy atom. The summed E-state index contributed by atoms with van der Waals surface area (Å²) in [6.07, 6.45) is 0.782. The predicted octanol–water partition coefficient (Wildman–Crippen LogP) is -0.239. The van der Waals surface area contributed by atoms with Gasteiger partial charge in [0.1, 0.15) is 6.54 Å². The van der Waals surface area contributed by atoms with E-state index in [0.717, 1.165) is 17.5 Å². The normalized spacial score (nSPS) is 19.2. The number of nitriles is 1. The summed E-state index contributed by atoms with van der Waals surface area (Å²) in [6.45, 7) is 0.767. The van der Waals surface area contributed by atoms with Gasteiger partial charge in [-0.25, -0.2) is 0 Å². The number of rotatable bonds is 1. The lowest BCUT2D eigenvalue weighted by atomic mass is 9.90. The zero-order chi connectivity index (χ0) is 17.6. The Kier molecular flexibility index (Phi) is 3.39. The first-order valence-electron chi connectivity index (χ1n) is 7.76. The molecule has 4 rings (SSSR count). The second kappa shape index (κ2) is 5.59. The molecule has 1 aromatic carbocycles. The first-order valence-corrected chi connectivity index (χ1v) is 7.76. The fraction of sp³-hybridized carbons (Fsp3) is 0.312. The summed E-state index contributed by atoms with van der Waals surface area (Å²) in [5.74, 6) is -0.831. The molecule has 1 fully saturated rings. The van der Waals surface area contributed by atoms with Gasteiger partial charge in [0, 0.05) is 13.1 Å². The monoisotopic (exact) mass is 339 g/mol. The summed E-state index contributed by atoms with van der Waals surface area (Å²) < 4.78 is 4.33. The number of nitrogens with zero attached hydrogens (tertiary/aromatic N) is 5. The van der Waals surface area contributed by atoms with Gasteiger partial charge in [0.2, 0.25) is 5.91 Å². The van der Waals surface area contributed by atoms with Crippen LogP contribution in [0.15, 0.2) is 28.9 Å². The molecule has 126 valence electrons. The van der Waals surface area contributed by atoms with Crippen LogP contribution in [0.1, 0.15) is 33.4 Å². The Balaban J connectivity index is 1.67. The topological polar surface area (TPSA) is 117 Å². The van der Waals surface area contributed by atoms with Crippen molar-refractivity contribution in [3.63, 3.8) is 0 Å². The minimum atomic E-state index is -0.661. The lowest BCUT2D eigenvalue weighted by molar-refractivity contribution is -0.804. The molecular weight excluding hydrogens is 326 g/mol. The minimum Gasteiger partial charge on any atom is -0.358 e. The fourth-order valence-electron chi connectivity index (χ4n) is 3.46. The van der Waals surface area contributed by atoms with E-state index in [1.807, 2.05) is 24.3 Å². The molecule has 2 aromatic rings. The number of carbonyl (C=O) groups is 2. The van der Waals surface area contributed by atoms with Crippen molar-refractivity contribution in [2.24, 2.45) is 0 Å². The van der Waals surface area contributed by atoms with Crippen LogP contribution < -0.4 is 4.90 Å². The van der Waals surface area contributed by atoms with Crippen molar-refractivity contribution in [3.05, 3.63) is 52.0 Å². The van der Waals surface area contributed by atoms with Crippen LogP contribution in [0.2, 0.25) is 0 Å². The maximum absolute atomic E-state index is 12.7. The molecule has 0 N–H and O–H groups in total. The maximum Gasteiger partial charge on any atom is 0.323 e. The zero-order valence-corrected chi connectivity index (χ0v) is 13.1. The molecule has 25 heavy (non-hydrogen) atoms. The summed E-state index contributed by atoms with van der Waals surface area (Å²) in [5, 5.41) is 23.7. The second-order valence-electron chi connectivity index (χ2n) is 5.98. The third-order valence-electron chi connectivity index (χ3n) is 4.66. The van der Waals surface area contributed by atoms with Gasteiger partial charge in [0.25, 0.3) is 0 Å². The Bertz CT molecular complexity index is 915. The quantitative estimate of drug-likeness (QED) is 0.662. The third-order valence-corrected chi connectivity index (χ3v) is 4.66. The van der Waals surface area contributed by atoms with Gasteiger partial charge >= 0.3 is 17.3 Å². The van der Waals surface area contributed by atoms with Gasteiger partial charge in [-0.15, -0.1) is 0 Å². The van der Waals surface area contributed by atoms with Gasteiger partial charge < -0.3 is 15.0 Å². The van der Waals surface area contributed by atoms with Crippen molar-refractivity contribution in [3.8, 4) is 6.07 Å². The fourth-order valence-corrected chi connectivity index (χ4v) is 3.46. The second-order valence-corrected chi connectivity index (χ2v) is 5.98. The summed E-state index contributed by atoms with van der Waals surface area (Å²) >= 11 is 0. The van der Waals surface area contributed by atoms with Crippen molar-refractivity contribution in [1.29, 1.82) is 5.26 Å². The molecule has 2 aliphatic heterocycles. The van der Waals surface area contributed by atoms with Crippen LogP contribution >= 0.6 is 0 Å². The van der Waals surface area contributed by atoms with Gasteiger partial charge in [-0.1, -0.05) is 24.3 Å². The van der Waals surface area contributed by atoms with Gasteiger partial charge in [-0.05, 0) is 22.5 Å². The molecule has 1 aromatic heterocycles. The van der Waals surface area contributed by atoms with Crippen LogP contribution in [0.4, 0.5) is 0 Å². The molecule has 1 saturated heterocycles. The van der Waals surface area contributed by atoms with Gasteiger partial charge in [0.05, 0.1) is 11.2 Å². The van der Waals surface area contributed by atoms with Crippen molar-refractivity contribution in [2.75, 3.05) is 19.6 Å².